The summed E-state index contributed by atoms with van der Waals surface area (Å²) in [6.45, 7) is 0. The first kappa shape index (κ1) is 9.69. The molecule has 0 N–H and O–H groups in total. The van der Waals surface area contributed by atoms with Crippen molar-refractivity contribution < 1.29 is 9.59 Å². The predicted molar refractivity (Wildman–Crippen MR) is 52.3 cm³/mol. The molecule has 0 atom stereocenters. The van der Waals surface area contributed by atoms with Crippen LogP contribution < -0.4 is 0 Å². The van der Waals surface area contributed by atoms with Crippen molar-refractivity contribution in [2.75, 3.05) is 0 Å². The Hall–Kier alpha value is -1.40. The molecule has 0 spiro atoms. The van der Waals surface area contributed by atoms with Crippen molar-refractivity contribution in [1.82, 2.24) is 0 Å². The summed E-state index contributed by atoms with van der Waals surface area (Å²) in [4.78, 5) is 21.0. The fourth-order valence-corrected chi connectivity index (χ4v) is 1.03. The van der Waals surface area contributed by atoms with Gasteiger partial charge in [0.1, 0.15) is 0 Å². The molecule has 0 bridgehead atoms. The van der Waals surface area contributed by atoms with E-state index >= 15 is 0 Å². The van der Waals surface area contributed by atoms with Crippen LogP contribution in [0.4, 0.5) is 0 Å². The number of benzene rings is 1. The molecular formula is C10H5BrO2. The molecule has 0 aliphatic heterocycles. The number of rotatable bonds is 1. The molecule has 0 unspecified atom stereocenters. The van der Waals surface area contributed by atoms with Crippen LogP contribution in [0.1, 0.15) is 10.4 Å². The summed E-state index contributed by atoms with van der Waals surface area (Å²) in [5, 5.41) is 0. The molecule has 0 radical (unpaired) electrons. The Labute approximate surface area is 84.1 Å². The van der Waals surface area contributed by atoms with Crippen molar-refractivity contribution in [3.05, 3.63) is 34.3 Å². The van der Waals surface area contributed by atoms with Gasteiger partial charge in [-0.05, 0) is 36.1 Å². The average molecular weight is 237 g/mol. The Morgan fingerprint density at radius 3 is 2.46 bits per heavy atom. The predicted octanol–water partition coefficient (Wildman–Crippen LogP) is 1.83. The van der Waals surface area contributed by atoms with E-state index in [1.54, 1.807) is 24.3 Å². The summed E-state index contributed by atoms with van der Waals surface area (Å²) in [6, 6.07) is 6.78. The Kier molecular flexibility index (Phi) is 3.41. The molecule has 0 saturated carbocycles. The summed E-state index contributed by atoms with van der Waals surface area (Å²) < 4.78 is 0.896. The van der Waals surface area contributed by atoms with Gasteiger partial charge in [-0.15, -0.1) is 0 Å². The van der Waals surface area contributed by atoms with Crippen molar-refractivity contribution in [3.63, 3.8) is 0 Å². The molecule has 13 heavy (non-hydrogen) atoms. The third-order valence-electron chi connectivity index (χ3n) is 1.35. The molecule has 0 aromatic heterocycles. The molecule has 0 fully saturated rings. The maximum atomic E-state index is 11.2. The largest absolute Gasteiger partial charge is 0.289 e. The number of ketones is 1. The number of carbonyl (C=O) groups is 2. The van der Waals surface area contributed by atoms with E-state index in [0.29, 0.717) is 11.8 Å². The van der Waals surface area contributed by atoms with Gasteiger partial charge in [-0.3, -0.25) is 9.59 Å². The van der Waals surface area contributed by atoms with Crippen molar-refractivity contribution in [2.45, 2.75) is 0 Å². The van der Waals surface area contributed by atoms with E-state index < -0.39 is 0 Å². The van der Waals surface area contributed by atoms with Crippen molar-refractivity contribution in [1.29, 1.82) is 0 Å². The second-order valence-corrected chi connectivity index (χ2v) is 3.14. The number of hydrogen-bond acceptors (Lipinski definition) is 2. The zero-order chi connectivity index (χ0) is 9.68. The van der Waals surface area contributed by atoms with E-state index in [0.717, 1.165) is 4.47 Å². The van der Waals surface area contributed by atoms with Gasteiger partial charge in [-0.25, -0.2) is 0 Å². The van der Waals surface area contributed by atoms with Gasteiger partial charge in [0.2, 0.25) is 5.78 Å². The molecule has 2 nitrogen and oxygen atoms in total. The first-order valence-corrected chi connectivity index (χ1v) is 4.28. The molecule has 1 rings (SSSR count). The third-order valence-corrected chi connectivity index (χ3v) is 1.88. The number of aldehydes is 1. The van der Waals surface area contributed by atoms with Crippen molar-refractivity contribution >= 4 is 28.0 Å². The lowest BCUT2D eigenvalue weighted by atomic mass is 10.1. The lowest BCUT2D eigenvalue weighted by Gasteiger charge is -1.92. The second-order valence-electron chi connectivity index (χ2n) is 2.22. The summed E-state index contributed by atoms with van der Waals surface area (Å²) in [6.07, 6.45) is 0.400. The van der Waals surface area contributed by atoms with Crippen LogP contribution in [0.15, 0.2) is 28.7 Å². The van der Waals surface area contributed by atoms with Crippen LogP contribution in [0.3, 0.4) is 0 Å². The number of hydrogen-bond donors (Lipinski definition) is 0. The lowest BCUT2D eigenvalue weighted by Crippen LogP contribution is -1.93. The van der Waals surface area contributed by atoms with Gasteiger partial charge >= 0.3 is 0 Å². The van der Waals surface area contributed by atoms with Crippen molar-refractivity contribution in [2.24, 2.45) is 0 Å². The molecule has 0 amide bonds. The van der Waals surface area contributed by atoms with Gasteiger partial charge in [0, 0.05) is 10.0 Å². The van der Waals surface area contributed by atoms with E-state index in [1.807, 2.05) is 0 Å². The van der Waals surface area contributed by atoms with Gasteiger partial charge in [0.25, 0.3) is 0 Å². The fraction of sp³-hybridized carbons (Fsp3) is 0. The van der Waals surface area contributed by atoms with E-state index in [1.165, 1.54) is 0 Å². The zero-order valence-electron chi connectivity index (χ0n) is 6.58. The van der Waals surface area contributed by atoms with Crippen LogP contribution in [0, 0.1) is 11.8 Å². The van der Waals surface area contributed by atoms with E-state index in [4.69, 9.17) is 0 Å². The molecule has 64 valence electrons. The molecular weight excluding hydrogens is 232 g/mol. The summed E-state index contributed by atoms with van der Waals surface area (Å²) in [7, 11) is 0. The van der Waals surface area contributed by atoms with E-state index in [-0.39, 0.29) is 5.78 Å². The number of halogens is 1. The van der Waals surface area contributed by atoms with Gasteiger partial charge in [-0.2, -0.15) is 0 Å². The molecule has 1 aromatic rings. The summed E-state index contributed by atoms with van der Waals surface area (Å²) in [5.41, 5.74) is 0.484. The van der Waals surface area contributed by atoms with Crippen LogP contribution in [-0.2, 0) is 4.79 Å². The molecule has 0 heterocycles. The standard InChI is InChI=1S/C10H5BrO2/c11-9-5-3-8(4-6-9)10(13)2-1-7-12/h3-7H. The highest BCUT2D eigenvalue weighted by Gasteiger charge is 1.99. The minimum Gasteiger partial charge on any atom is -0.289 e. The smallest absolute Gasteiger partial charge is 0.236 e. The third kappa shape index (κ3) is 2.85. The highest BCUT2D eigenvalue weighted by atomic mass is 79.9. The topological polar surface area (TPSA) is 34.1 Å². The Balaban J connectivity index is 2.90. The second kappa shape index (κ2) is 4.58. The minimum atomic E-state index is -0.348. The Morgan fingerprint density at radius 1 is 1.31 bits per heavy atom. The van der Waals surface area contributed by atoms with Crippen LogP contribution in [0.5, 0.6) is 0 Å². The molecule has 0 saturated heterocycles. The lowest BCUT2D eigenvalue weighted by molar-refractivity contribution is -0.103. The maximum Gasteiger partial charge on any atom is 0.236 e. The van der Waals surface area contributed by atoms with E-state index in [9.17, 15) is 9.59 Å². The van der Waals surface area contributed by atoms with Crippen LogP contribution in [-0.4, -0.2) is 12.1 Å². The monoisotopic (exact) mass is 236 g/mol. The maximum absolute atomic E-state index is 11.2. The number of carbonyl (C=O) groups excluding carboxylic acids is 2. The number of Topliss-reactive ketones (excluding diaryl/α,β-unsaturated/α-hetero) is 1. The normalized spacial score (nSPS) is 8.38. The van der Waals surface area contributed by atoms with Crippen LogP contribution in [0.2, 0.25) is 0 Å². The Morgan fingerprint density at radius 2 is 1.92 bits per heavy atom. The molecule has 0 aliphatic carbocycles. The van der Waals surface area contributed by atoms with E-state index in [2.05, 4.69) is 27.8 Å². The molecule has 1 aromatic carbocycles. The summed E-state index contributed by atoms with van der Waals surface area (Å²) >= 11 is 3.24. The summed E-state index contributed by atoms with van der Waals surface area (Å²) in [5.74, 6) is 3.92. The SMILES string of the molecule is O=CC#CC(=O)c1ccc(Br)cc1. The first-order valence-electron chi connectivity index (χ1n) is 3.49. The van der Waals surface area contributed by atoms with Gasteiger partial charge < -0.3 is 0 Å². The van der Waals surface area contributed by atoms with Crippen molar-refractivity contribution in [3.8, 4) is 11.8 Å². The zero-order valence-corrected chi connectivity index (χ0v) is 8.17. The fourth-order valence-electron chi connectivity index (χ4n) is 0.768. The molecule has 3 heteroatoms. The van der Waals surface area contributed by atoms with Crippen LogP contribution >= 0.6 is 15.9 Å². The first-order chi connectivity index (χ1) is 6.24. The van der Waals surface area contributed by atoms with Crippen LogP contribution in [0.25, 0.3) is 0 Å². The minimum absolute atomic E-state index is 0.348. The highest BCUT2D eigenvalue weighted by molar-refractivity contribution is 9.10. The van der Waals surface area contributed by atoms with Gasteiger partial charge in [-0.1, -0.05) is 15.9 Å². The Bertz CT molecular complexity index is 382. The quantitative estimate of drug-likeness (QED) is 0.323. The highest BCUT2D eigenvalue weighted by Crippen LogP contribution is 2.10. The average Bonchev–Trinajstić information content (AvgIpc) is 2.15. The molecule has 0 aliphatic rings. The van der Waals surface area contributed by atoms with Gasteiger partial charge in [0.05, 0.1) is 0 Å². The van der Waals surface area contributed by atoms with Gasteiger partial charge in [0.15, 0.2) is 6.29 Å².